The molecule has 7 atom stereocenters. The van der Waals surface area contributed by atoms with Gasteiger partial charge < -0.3 is 9.84 Å². The third-order valence-corrected chi connectivity index (χ3v) is 9.74. The van der Waals surface area contributed by atoms with E-state index in [1.165, 1.54) is 44.1 Å². The summed E-state index contributed by atoms with van der Waals surface area (Å²) in [5, 5.41) is 10.6. The number of hydrogen-bond acceptors (Lipinski definition) is 3. The highest BCUT2D eigenvalue weighted by molar-refractivity contribution is 5.23. The normalized spacial score (nSPS) is 47.7. The van der Waals surface area contributed by atoms with Crippen molar-refractivity contribution in [1.82, 2.24) is 4.90 Å². The first kappa shape index (κ1) is 20.3. The van der Waals surface area contributed by atoms with Crippen molar-refractivity contribution in [2.24, 2.45) is 35.0 Å². The molecule has 29 heavy (non-hydrogen) atoms. The summed E-state index contributed by atoms with van der Waals surface area (Å²) in [6.07, 6.45) is 12.4. The number of nitrogens with zero attached hydrogens (tertiary/aromatic N) is 1. The molecular weight excluding hydrogens is 358 g/mol. The molecule has 0 bridgehead atoms. The van der Waals surface area contributed by atoms with Gasteiger partial charge in [-0.15, -0.1) is 0 Å². The predicted molar refractivity (Wildman–Crippen MR) is 118 cm³/mol. The van der Waals surface area contributed by atoms with Crippen LogP contribution in [0.1, 0.15) is 65.2 Å². The molecule has 1 heterocycles. The van der Waals surface area contributed by atoms with Gasteiger partial charge in [-0.05, 0) is 93.3 Å². The van der Waals surface area contributed by atoms with E-state index in [1.54, 1.807) is 5.57 Å². The Hall–Kier alpha value is -0.640. The number of fused-ring (bicyclic) bond motifs is 5. The Morgan fingerprint density at radius 1 is 1.14 bits per heavy atom. The molecule has 0 radical (unpaired) electrons. The highest BCUT2D eigenvalue weighted by Crippen LogP contribution is 2.64. The summed E-state index contributed by atoms with van der Waals surface area (Å²) >= 11 is 0. The highest BCUT2D eigenvalue weighted by atomic mass is 16.5. The molecule has 5 rings (SSSR count). The lowest BCUT2D eigenvalue weighted by atomic mass is 9.51. The van der Waals surface area contributed by atoms with Crippen LogP contribution < -0.4 is 0 Å². The van der Waals surface area contributed by atoms with E-state index in [-0.39, 0.29) is 0 Å². The van der Waals surface area contributed by atoms with E-state index < -0.39 is 5.60 Å². The van der Waals surface area contributed by atoms with Crippen LogP contribution in [0.4, 0.5) is 0 Å². The number of ether oxygens (including phenoxy) is 1. The van der Waals surface area contributed by atoms with Crippen molar-refractivity contribution in [2.45, 2.75) is 70.8 Å². The molecule has 4 aliphatic carbocycles. The second kappa shape index (κ2) is 7.50. The molecule has 3 saturated carbocycles. The molecule has 3 nitrogen and oxygen atoms in total. The van der Waals surface area contributed by atoms with Crippen LogP contribution in [0, 0.1) is 35.0 Å². The van der Waals surface area contributed by atoms with Crippen molar-refractivity contribution >= 4 is 0 Å². The quantitative estimate of drug-likeness (QED) is 0.691. The average Bonchev–Trinajstić information content (AvgIpc) is 3.05. The Labute approximate surface area is 177 Å². The molecule has 1 saturated heterocycles. The molecule has 0 amide bonds. The zero-order chi connectivity index (χ0) is 20.2. The Kier molecular flexibility index (Phi) is 5.24. The van der Waals surface area contributed by atoms with Gasteiger partial charge in [0.2, 0.25) is 0 Å². The number of allylic oxidation sites excluding steroid dienone is 1. The molecule has 3 heteroatoms. The van der Waals surface area contributed by atoms with E-state index in [0.29, 0.717) is 11.3 Å². The molecule has 0 spiro atoms. The SMILES string of the molecule is C=C(CN1CCOCC1)[C@H]1CC[C@H]2[C@@H]3CC=C4C[C@@](C)(O)CC[C@@H]4[C@H]3CC[C@]12C. The maximum Gasteiger partial charge on any atom is 0.0657 e. The third kappa shape index (κ3) is 3.55. The predicted octanol–water partition coefficient (Wildman–Crippen LogP) is 4.81. The van der Waals surface area contributed by atoms with Crippen molar-refractivity contribution in [3.8, 4) is 0 Å². The average molecular weight is 400 g/mol. The first-order valence-corrected chi connectivity index (χ1v) is 12.3. The van der Waals surface area contributed by atoms with E-state index in [2.05, 4.69) is 24.5 Å². The minimum Gasteiger partial charge on any atom is -0.390 e. The molecule has 4 fully saturated rings. The number of hydrogen-bond donors (Lipinski definition) is 1. The van der Waals surface area contributed by atoms with Gasteiger partial charge in [-0.2, -0.15) is 0 Å². The first-order chi connectivity index (χ1) is 13.9. The Morgan fingerprint density at radius 3 is 2.72 bits per heavy atom. The molecule has 162 valence electrons. The van der Waals surface area contributed by atoms with Gasteiger partial charge in [0.25, 0.3) is 0 Å². The van der Waals surface area contributed by atoms with E-state index >= 15 is 0 Å². The lowest BCUT2D eigenvalue weighted by molar-refractivity contribution is -0.0300. The first-order valence-electron chi connectivity index (χ1n) is 12.3. The maximum absolute atomic E-state index is 10.6. The molecule has 0 aromatic heterocycles. The van der Waals surface area contributed by atoms with E-state index in [9.17, 15) is 5.11 Å². The van der Waals surface area contributed by atoms with Crippen LogP contribution in [-0.2, 0) is 4.74 Å². The smallest absolute Gasteiger partial charge is 0.0657 e. The van der Waals surface area contributed by atoms with E-state index in [0.717, 1.165) is 69.4 Å². The van der Waals surface area contributed by atoms with Crippen molar-refractivity contribution < 1.29 is 9.84 Å². The fourth-order valence-electron chi connectivity index (χ4n) is 8.29. The van der Waals surface area contributed by atoms with Crippen LogP contribution in [0.3, 0.4) is 0 Å². The lowest BCUT2D eigenvalue weighted by Gasteiger charge is -2.54. The fourth-order valence-corrected chi connectivity index (χ4v) is 8.29. The van der Waals surface area contributed by atoms with Gasteiger partial charge in [0, 0.05) is 19.6 Å². The molecule has 0 aromatic carbocycles. The topological polar surface area (TPSA) is 32.7 Å². The van der Waals surface area contributed by atoms with Gasteiger partial charge in [0.15, 0.2) is 0 Å². The van der Waals surface area contributed by atoms with Crippen LogP contribution in [0.25, 0.3) is 0 Å². The standard InChI is InChI=1S/C26H41NO2/c1-18(17-27-12-14-29-15-13-27)23-6-7-24-22-5-4-19-16-25(2,28)10-8-20(19)21(22)9-11-26(23,24)3/h4,20-24,28H,1,5-17H2,2-3H3/t20-,21+,22+,23+,24-,25-,26+/m0/s1. The molecule has 1 aliphatic heterocycles. The third-order valence-electron chi connectivity index (χ3n) is 9.74. The largest absolute Gasteiger partial charge is 0.390 e. The summed E-state index contributed by atoms with van der Waals surface area (Å²) in [6, 6.07) is 0. The van der Waals surface area contributed by atoms with E-state index in [4.69, 9.17) is 4.74 Å². The van der Waals surface area contributed by atoms with Gasteiger partial charge in [-0.25, -0.2) is 0 Å². The number of rotatable bonds is 3. The Morgan fingerprint density at radius 2 is 1.93 bits per heavy atom. The molecule has 0 unspecified atom stereocenters. The van der Waals surface area contributed by atoms with Crippen molar-refractivity contribution in [3.05, 3.63) is 23.8 Å². The summed E-state index contributed by atoms with van der Waals surface area (Å²) in [5.74, 6) is 4.07. The zero-order valence-corrected chi connectivity index (χ0v) is 18.7. The zero-order valence-electron chi connectivity index (χ0n) is 18.7. The summed E-state index contributed by atoms with van der Waals surface area (Å²) in [7, 11) is 0. The second-order valence-corrected chi connectivity index (χ2v) is 11.5. The second-order valence-electron chi connectivity index (χ2n) is 11.5. The van der Waals surface area contributed by atoms with Gasteiger partial charge in [0.1, 0.15) is 0 Å². The van der Waals surface area contributed by atoms with Crippen molar-refractivity contribution in [1.29, 1.82) is 0 Å². The van der Waals surface area contributed by atoms with Gasteiger partial charge in [-0.1, -0.05) is 30.7 Å². The Bertz CT molecular complexity index is 676. The molecule has 1 N–H and O–H groups in total. The fraction of sp³-hybridized carbons (Fsp3) is 0.846. The van der Waals surface area contributed by atoms with Crippen molar-refractivity contribution in [3.63, 3.8) is 0 Å². The molecule has 5 aliphatic rings. The lowest BCUT2D eigenvalue weighted by Crippen LogP contribution is -2.48. The summed E-state index contributed by atoms with van der Waals surface area (Å²) in [4.78, 5) is 2.55. The highest BCUT2D eigenvalue weighted by Gasteiger charge is 2.56. The van der Waals surface area contributed by atoms with Gasteiger partial charge >= 0.3 is 0 Å². The monoisotopic (exact) mass is 399 g/mol. The molecular formula is C26H41NO2. The summed E-state index contributed by atoms with van der Waals surface area (Å²) in [5.41, 5.74) is 3.08. The number of aliphatic hydroxyl groups is 1. The Balaban J connectivity index is 1.30. The number of morpholine rings is 1. The van der Waals surface area contributed by atoms with Gasteiger partial charge in [0.05, 0.1) is 18.8 Å². The van der Waals surface area contributed by atoms with Crippen LogP contribution in [-0.4, -0.2) is 48.5 Å². The summed E-state index contributed by atoms with van der Waals surface area (Å²) in [6.45, 7) is 14.2. The molecule has 0 aromatic rings. The minimum atomic E-state index is -0.464. The van der Waals surface area contributed by atoms with Crippen molar-refractivity contribution in [2.75, 3.05) is 32.8 Å². The van der Waals surface area contributed by atoms with Crippen LogP contribution in [0.2, 0.25) is 0 Å². The minimum absolute atomic E-state index is 0.454. The van der Waals surface area contributed by atoms with Gasteiger partial charge in [-0.3, -0.25) is 4.90 Å². The van der Waals surface area contributed by atoms with Crippen LogP contribution in [0.15, 0.2) is 23.8 Å². The van der Waals surface area contributed by atoms with Crippen LogP contribution in [0.5, 0.6) is 0 Å². The maximum atomic E-state index is 10.6. The van der Waals surface area contributed by atoms with Crippen LogP contribution >= 0.6 is 0 Å². The van der Waals surface area contributed by atoms with E-state index in [1.807, 2.05) is 6.92 Å². The summed E-state index contributed by atoms with van der Waals surface area (Å²) < 4.78 is 5.54.